The normalized spacial score (nSPS) is 21.1. The van der Waals surface area contributed by atoms with Gasteiger partial charge in [0.25, 0.3) is 0 Å². The molecule has 0 spiro atoms. The van der Waals surface area contributed by atoms with Gasteiger partial charge in [-0.15, -0.1) is 0 Å². The third-order valence-electron chi connectivity index (χ3n) is 3.85. The minimum atomic E-state index is 0.708. The largest absolute Gasteiger partial charge is 0.377 e. The zero-order valence-corrected chi connectivity index (χ0v) is 11.5. The molecule has 0 aliphatic carbocycles. The molecular weight excluding hydrogens is 240 g/mol. The summed E-state index contributed by atoms with van der Waals surface area (Å²) in [6.07, 6.45) is 4.78. The van der Waals surface area contributed by atoms with Gasteiger partial charge in [0.2, 0.25) is 0 Å². The number of fused-ring (bicyclic) bond motifs is 4. The average molecular weight is 262 g/mol. The summed E-state index contributed by atoms with van der Waals surface area (Å²) in [5, 5.41) is 0. The van der Waals surface area contributed by atoms with Gasteiger partial charge in [-0.25, -0.2) is 0 Å². The molecule has 0 unspecified atom stereocenters. The van der Waals surface area contributed by atoms with Crippen molar-refractivity contribution >= 4 is 0 Å². The summed E-state index contributed by atoms with van der Waals surface area (Å²) in [7, 11) is 0. The first-order valence-corrected chi connectivity index (χ1v) is 7.30. The molecule has 19 heavy (non-hydrogen) atoms. The maximum absolute atomic E-state index is 5.82. The molecule has 2 aliphatic rings. The van der Waals surface area contributed by atoms with E-state index in [-0.39, 0.29) is 0 Å². The third kappa shape index (κ3) is 3.35. The van der Waals surface area contributed by atoms with Crippen molar-refractivity contribution in [1.82, 2.24) is 0 Å². The molecule has 2 bridgehead atoms. The van der Waals surface area contributed by atoms with Gasteiger partial charge in [-0.3, -0.25) is 0 Å². The number of hydrogen-bond acceptors (Lipinski definition) is 3. The van der Waals surface area contributed by atoms with Gasteiger partial charge in [0.05, 0.1) is 26.4 Å². The predicted molar refractivity (Wildman–Crippen MR) is 72.7 cm³/mol. The molecule has 104 valence electrons. The minimum absolute atomic E-state index is 0.708. The van der Waals surface area contributed by atoms with Crippen LogP contribution >= 0.6 is 0 Å². The first kappa shape index (κ1) is 13.1. The van der Waals surface area contributed by atoms with Gasteiger partial charge in [0.1, 0.15) is 0 Å². The second-order valence-electron chi connectivity index (χ2n) is 5.40. The molecule has 1 aromatic rings. The molecule has 2 aliphatic heterocycles. The van der Waals surface area contributed by atoms with Gasteiger partial charge in [0.15, 0.2) is 0 Å². The molecule has 0 saturated heterocycles. The second kappa shape index (κ2) is 6.51. The smallest absolute Gasteiger partial charge is 0.0728 e. The van der Waals surface area contributed by atoms with E-state index in [9.17, 15) is 0 Å². The Hall–Kier alpha value is -0.900. The monoisotopic (exact) mass is 262 g/mol. The van der Waals surface area contributed by atoms with Gasteiger partial charge in [-0.05, 0) is 35.1 Å². The first-order valence-electron chi connectivity index (χ1n) is 7.30. The van der Waals surface area contributed by atoms with E-state index in [1.807, 2.05) is 0 Å². The molecule has 3 nitrogen and oxygen atoms in total. The molecule has 0 aromatic heterocycles. The van der Waals surface area contributed by atoms with Crippen molar-refractivity contribution < 1.29 is 14.2 Å². The van der Waals surface area contributed by atoms with Crippen molar-refractivity contribution in [2.45, 2.75) is 52.1 Å². The molecule has 0 atom stereocenters. The summed E-state index contributed by atoms with van der Waals surface area (Å²) in [6.45, 7) is 4.61. The topological polar surface area (TPSA) is 27.7 Å². The van der Waals surface area contributed by atoms with Crippen LogP contribution in [-0.4, -0.2) is 13.2 Å². The van der Waals surface area contributed by atoms with Crippen molar-refractivity contribution in [3.8, 4) is 0 Å². The molecule has 0 fully saturated rings. The summed E-state index contributed by atoms with van der Waals surface area (Å²) >= 11 is 0. The van der Waals surface area contributed by atoms with Crippen LogP contribution in [0.5, 0.6) is 0 Å². The molecular formula is C16H22O3. The van der Waals surface area contributed by atoms with Crippen LogP contribution in [0.2, 0.25) is 0 Å². The maximum Gasteiger partial charge on any atom is 0.0728 e. The van der Waals surface area contributed by atoms with Crippen molar-refractivity contribution in [3.63, 3.8) is 0 Å². The Kier molecular flexibility index (Phi) is 4.49. The molecule has 3 heteroatoms. The zero-order chi connectivity index (χ0) is 12.9. The molecule has 1 aromatic carbocycles. The van der Waals surface area contributed by atoms with E-state index in [2.05, 4.69) is 12.1 Å². The van der Waals surface area contributed by atoms with E-state index in [4.69, 9.17) is 14.2 Å². The van der Waals surface area contributed by atoms with Crippen LogP contribution in [0.1, 0.15) is 47.9 Å². The summed E-state index contributed by atoms with van der Waals surface area (Å²) < 4.78 is 17.1. The van der Waals surface area contributed by atoms with Crippen LogP contribution in [0.25, 0.3) is 0 Å². The summed E-state index contributed by atoms with van der Waals surface area (Å²) in [6, 6.07) is 4.46. The quantitative estimate of drug-likeness (QED) is 0.718. The highest BCUT2D eigenvalue weighted by molar-refractivity contribution is 5.40. The van der Waals surface area contributed by atoms with Crippen molar-refractivity contribution in [2.24, 2.45) is 0 Å². The lowest BCUT2D eigenvalue weighted by Gasteiger charge is -2.11. The van der Waals surface area contributed by atoms with Crippen LogP contribution in [0.15, 0.2) is 12.1 Å². The van der Waals surface area contributed by atoms with Gasteiger partial charge in [-0.2, -0.15) is 0 Å². The number of rotatable bonds is 0. The van der Waals surface area contributed by atoms with E-state index >= 15 is 0 Å². The Labute approximate surface area is 114 Å². The molecule has 2 heterocycles. The maximum atomic E-state index is 5.82. The van der Waals surface area contributed by atoms with E-state index < -0.39 is 0 Å². The Morgan fingerprint density at radius 1 is 0.632 bits per heavy atom. The second-order valence-corrected chi connectivity index (χ2v) is 5.40. The Balaban J connectivity index is 1.79. The highest BCUT2D eigenvalue weighted by atomic mass is 16.5. The molecule has 0 N–H and O–H groups in total. The average Bonchev–Trinajstić information content (AvgIpc) is 2.88. The summed E-state index contributed by atoms with van der Waals surface area (Å²) in [5.41, 5.74) is 5.18. The van der Waals surface area contributed by atoms with Gasteiger partial charge >= 0.3 is 0 Å². The lowest BCUT2D eigenvalue weighted by molar-refractivity contribution is 0.109. The van der Waals surface area contributed by atoms with Crippen molar-refractivity contribution in [1.29, 1.82) is 0 Å². The highest BCUT2D eigenvalue weighted by Crippen LogP contribution is 2.26. The lowest BCUT2D eigenvalue weighted by atomic mass is 10.0. The number of benzene rings is 1. The van der Waals surface area contributed by atoms with Gasteiger partial charge in [-0.1, -0.05) is 25.0 Å². The fraction of sp³-hybridized carbons (Fsp3) is 0.625. The van der Waals surface area contributed by atoms with E-state index in [1.165, 1.54) is 35.1 Å². The lowest BCUT2D eigenvalue weighted by Crippen LogP contribution is -2.02. The van der Waals surface area contributed by atoms with Crippen LogP contribution < -0.4 is 0 Å². The number of hydrogen-bond donors (Lipinski definition) is 0. The predicted octanol–water partition coefficient (Wildman–Crippen LogP) is 3.32. The third-order valence-corrected chi connectivity index (χ3v) is 3.85. The summed E-state index contributed by atoms with van der Waals surface area (Å²) in [4.78, 5) is 0. The fourth-order valence-corrected chi connectivity index (χ4v) is 2.79. The van der Waals surface area contributed by atoms with Crippen LogP contribution in [0, 0.1) is 0 Å². The fourth-order valence-electron chi connectivity index (χ4n) is 2.79. The highest BCUT2D eigenvalue weighted by Gasteiger charge is 2.17. The Morgan fingerprint density at radius 3 is 2.00 bits per heavy atom. The molecule has 3 rings (SSSR count). The Bertz CT molecular complexity index is 428. The van der Waals surface area contributed by atoms with Crippen molar-refractivity contribution in [3.05, 3.63) is 34.4 Å². The van der Waals surface area contributed by atoms with Crippen LogP contribution in [0.3, 0.4) is 0 Å². The van der Waals surface area contributed by atoms with E-state index in [0.29, 0.717) is 13.2 Å². The van der Waals surface area contributed by atoms with Gasteiger partial charge in [0, 0.05) is 13.2 Å². The van der Waals surface area contributed by atoms with Gasteiger partial charge < -0.3 is 14.2 Å². The minimum Gasteiger partial charge on any atom is -0.377 e. The molecule has 0 amide bonds. The first-order chi connectivity index (χ1) is 9.43. The zero-order valence-electron chi connectivity index (χ0n) is 11.5. The Morgan fingerprint density at radius 2 is 1.26 bits per heavy atom. The summed E-state index contributed by atoms with van der Waals surface area (Å²) in [5.74, 6) is 0. The van der Waals surface area contributed by atoms with Crippen LogP contribution in [0.4, 0.5) is 0 Å². The SMILES string of the molecule is c1c2cc3c(c1COCCCCCCOC2)COC3. The van der Waals surface area contributed by atoms with Crippen molar-refractivity contribution in [2.75, 3.05) is 13.2 Å². The van der Waals surface area contributed by atoms with E-state index in [0.717, 1.165) is 39.3 Å². The molecule has 0 saturated carbocycles. The number of ether oxygens (including phenoxy) is 3. The van der Waals surface area contributed by atoms with E-state index in [1.54, 1.807) is 0 Å². The molecule has 0 radical (unpaired) electrons. The van der Waals surface area contributed by atoms with Crippen LogP contribution in [-0.2, 0) is 40.6 Å². The standard InChI is InChI=1S/C16H22O3/c1-2-4-6-18-10-14-7-13(9-17-5-3-1)8-15-11-19-12-16(14)15/h7-8H,1-6,9-12H2.